The Balaban J connectivity index is 1.77. The number of likely N-dealkylation sites (tertiary alicyclic amines) is 1. The molecule has 2 heterocycles. The van der Waals surface area contributed by atoms with Crippen molar-refractivity contribution in [3.63, 3.8) is 0 Å². The van der Waals surface area contributed by atoms with Crippen LogP contribution in [-0.2, 0) is 14.3 Å². The molecule has 2 aliphatic rings. The topological polar surface area (TPSA) is 38.8 Å². The summed E-state index contributed by atoms with van der Waals surface area (Å²) in [4.78, 5) is 14.2. The third-order valence-electron chi connectivity index (χ3n) is 3.82. The van der Waals surface area contributed by atoms with Gasteiger partial charge in [0.15, 0.2) is 0 Å². The highest BCUT2D eigenvalue weighted by atomic mass is 35.5. The molecule has 0 bridgehead atoms. The Kier molecular flexibility index (Phi) is 5.27. The first kappa shape index (κ1) is 14.1. The average molecular weight is 276 g/mol. The van der Waals surface area contributed by atoms with Crippen LogP contribution in [-0.4, -0.2) is 55.2 Å². The number of alkyl halides is 1. The Morgan fingerprint density at radius 2 is 2.11 bits per heavy atom. The normalized spacial score (nSPS) is 29.8. The lowest BCUT2D eigenvalue weighted by atomic mass is 10.0. The minimum Gasteiger partial charge on any atom is -0.377 e. The van der Waals surface area contributed by atoms with Crippen molar-refractivity contribution in [1.82, 2.24) is 4.90 Å². The van der Waals surface area contributed by atoms with Crippen molar-refractivity contribution in [2.24, 2.45) is 5.92 Å². The van der Waals surface area contributed by atoms with E-state index in [0.29, 0.717) is 25.0 Å². The zero-order chi connectivity index (χ0) is 13.0. The van der Waals surface area contributed by atoms with Gasteiger partial charge in [-0.25, -0.2) is 0 Å². The molecule has 0 aliphatic carbocycles. The van der Waals surface area contributed by atoms with Crippen LogP contribution in [0.4, 0.5) is 0 Å². The zero-order valence-corrected chi connectivity index (χ0v) is 11.7. The van der Waals surface area contributed by atoms with Crippen molar-refractivity contribution in [3.05, 3.63) is 0 Å². The number of hydrogen-bond acceptors (Lipinski definition) is 3. The molecule has 1 amide bonds. The van der Waals surface area contributed by atoms with E-state index < -0.39 is 0 Å². The summed E-state index contributed by atoms with van der Waals surface area (Å²) in [6.07, 6.45) is 2.85. The highest BCUT2D eigenvalue weighted by molar-refractivity contribution is 6.17. The van der Waals surface area contributed by atoms with Crippen LogP contribution in [0.2, 0.25) is 0 Å². The third kappa shape index (κ3) is 3.37. The molecule has 2 aliphatic heterocycles. The smallest absolute Gasteiger partial charge is 0.251 e. The van der Waals surface area contributed by atoms with Crippen LogP contribution in [0.25, 0.3) is 0 Å². The van der Waals surface area contributed by atoms with Gasteiger partial charge in [-0.3, -0.25) is 4.79 Å². The first-order chi connectivity index (χ1) is 8.72. The monoisotopic (exact) mass is 275 g/mol. The second kappa shape index (κ2) is 6.73. The molecule has 0 N–H and O–H groups in total. The summed E-state index contributed by atoms with van der Waals surface area (Å²) >= 11 is 5.60. The lowest BCUT2D eigenvalue weighted by molar-refractivity contribution is -0.145. The average Bonchev–Trinajstić information content (AvgIpc) is 2.82. The van der Waals surface area contributed by atoms with Crippen molar-refractivity contribution in [1.29, 1.82) is 0 Å². The SMILES string of the molecule is CC1CCOC1C(=O)N1CCC(OCCCl)CC1. The fourth-order valence-electron chi connectivity index (χ4n) is 2.65. The van der Waals surface area contributed by atoms with Gasteiger partial charge >= 0.3 is 0 Å². The van der Waals surface area contributed by atoms with E-state index in [9.17, 15) is 4.79 Å². The van der Waals surface area contributed by atoms with Crippen molar-refractivity contribution < 1.29 is 14.3 Å². The lowest BCUT2D eigenvalue weighted by Crippen LogP contribution is -2.46. The standard InChI is InChI=1S/C13H22ClNO3/c1-10-4-8-18-12(10)13(16)15-6-2-11(3-7-15)17-9-5-14/h10-12H,2-9H2,1H3. The number of piperidine rings is 1. The first-order valence-electron chi connectivity index (χ1n) is 6.80. The third-order valence-corrected chi connectivity index (χ3v) is 3.97. The van der Waals surface area contributed by atoms with Gasteiger partial charge < -0.3 is 14.4 Å². The van der Waals surface area contributed by atoms with E-state index >= 15 is 0 Å². The summed E-state index contributed by atoms with van der Waals surface area (Å²) < 4.78 is 11.1. The van der Waals surface area contributed by atoms with Crippen LogP contribution in [0.3, 0.4) is 0 Å². The molecule has 2 fully saturated rings. The molecule has 2 atom stereocenters. The lowest BCUT2D eigenvalue weighted by Gasteiger charge is -2.33. The molecule has 18 heavy (non-hydrogen) atoms. The molecule has 5 heteroatoms. The van der Waals surface area contributed by atoms with Crippen LogP contribution >= 0.6 is 11.6 Å². The molecule has 2 rings (SSSR count). The number of amides is 1. The summed E-state index contributed by atoms with van der Waals surface area (Å²) in [7, 11) is 0. The maximum atomic E-state index is 12.3. The van der Waals surface area contributed by atoms with E-state index in [1.807, 2.05) is 4.90 Å². The minimum atomic E-state index is -0.217. The maximum Gasteiger partial charge on any atom is 0.251 e. The number of hydrogen-bond donors (Lipinski definition) is 0. The predicted molar refractivity (Wildman–Crippen MR) is 69.8 cm³/mol. The number of nitrogens with zero attached hydrogens (tertiary/aromatic N) is 1. The van der Waals surface area contributed by atoms with Crippen molar-refractivity contribution in [3.8, 4) is 0 Å². The van der Waals surface area contributed by atoms with E-state index in [0.717, 1.165) is 32.4 Å². The van der Waals surface area contributed by atoms with E-state index in [4.69, 9.17) is 21.1 Å². The molecule has 0 aromatic carbocycles. The van der Waals surface area contributed by atoms with Crippen LogP contribution < -0.4 is 0 Å². The minimum absolute atomic E-state index is 0.163. The Labute approximate surface area is 114 Å². The van der Waals surface area contributed by atoms with Gasteiger partial charge in [-0.2, -0.15) is 0 Å². The Hall–Kier alpha value is -0.320. The molecule has 0 aromatic rings. The van der Waals surface area contributed by atoms with E-state index in [1.165, 1.54) is 0 Å². The first-order valence-corrected chi connectivity index (χ1v) is 7.33. The Morgan fingerprint density at radius 3 is 2.67 bits per heavy atom. The van der Waals surface area contributed by atoms with Gasteiger partial charge in [0.2, 0.25) is 0 Å². The van der Waals surface area contributed by atoms with Gasteiger partial charge in [0.1, 0.15) is 6.10 Å². The Bertz CT molecular complexity index is 279. The highest BCUT2D eigenvalue weighted by Gasteiger charge is 2.35. The van der Waals surface area contributed by atoms with Gasteiger partial charge in [-0.1, -0.05) is 6.92 Å². The number of ether oxygens (including phenoxy) is 2. The number of carbonyl (C=O) groups excluding carboxylic acids is 1. The molecule has 0 radical (unpaired) electrons. The molecule has 0 saturated carbocycles. The van der Waals surface area contributed by atoms with Crippen molar-refractivity contribution >= 4 is 17.5 Å². The molecule has 2 unspecified atom stereocenters. The van der Waals surface area contributed by atoms with E-state index in [2.05, 4.69) is 6.92 Å². The van der Waals surface area contributed by atoms with Crippen LogP contribution in [0.1, 0.15) is 26.2 Å². The second-order valence-electron chi connectivity index (χ2n) is 5.14. The van der Waals surface area contributed by atoms with Crippen LogP contribution in [0, 0.1) is 5.92 Å². The molecule has 0 spiro atoms. The summed E-state index contributed by atoms with van der Waals surface area (Å²) in [5.41, 5.74) is 0. The molecule has 104 valence electrons. The van der Waals surface area contributed by atoms with Gasteiger partial charge in [-0.15, -0.1) is 11.6 Å². The van der Waals surface area contributed by atoms with Gasteiger partial charge in [0, 0.05) is 25.6 Å². The Morgan fingerprint density at radius 1 is 1.39 bits per heavy atom. The molecule has 4 nitrogen and oxygen atoms in total. The van der Waals surface area contributed by atoms with Crippen LogP contribution in [0.5, 0.6) is 0 Å². The molecule has 0 aromatic heterocycles. The largest absolute Gasteiger partial charge is 0.377 e. The number of halogens is 1. The quantitative estimate of drug-likeness (QED) is 0.733. The fourth-order valence-corrected chi connectivity index (χ4v) is 2.73. The second-order valence-corrected chi connectivity index (χ2v) is 5.52. The summed E-state index contributed by atoms with van der Waals surface area (Å²) in [5, 5.41) is 0. The van der Waals surface area contributed by atoms with Gasteiger partial charge in [0.25, 0.3) is 5.91 Å². The maximum absolute atomic E-state index is 12.3. The predicted octanol–water partition coefficient (Wildman–Crippen LogP) is 1.66. The van der Waals surface area contributed by atoms with Gasteiger partial charge in [0.05, 0.1) is 12.7 Å². The van der Waals surface area contributed by atoms with Crippen LogP contribution in [0.15, 0.2) is 0 Å². The zero-order valence-electron chi connectivity index (χ0n) is 10.9. The van der Waals surface area contributed by atoms with Crippen molar-refractivity contribution in [2.75, 3.05) is 32.2 Å². The van der Waals surface area contributed by atoms with E-state index in [-0.39, 0.29) is 18.1 Å². The number of carbonyl (C=O) groups is 1. The molecular weight excluding hydrogens is 254 g/mol. The highest BCUT2D eigenvalue weighted by Crippen LogP contribution is 2.24. The molecule has 2 saturated heterocycles. The van der Waals surface area contributed by atoms with Crippen molar-refractivity contribution in [2.45, 2.75) is 38.4 Å². The van der Waals surface area contributed by atoms with Gasteiger partial charge in [-0.05, 0) is 25.2 Å². The number of rotatable bonds is 4. The van der Waals surface area contributed by atoms with E-state index in [1.54, 1.807) is 0 Å². The summed E-state index contributed by atoms with van der Waals surface area (Å²) in [5.74, 6) is 1.05. The summed E-state index contributed by atoms with van der Waals surface area (Å²) in [6.45, 7) is 4.96. The fraction of sp³-hybridized carbons (Fsp3) is 0.923. The summed E-state index contributed by atoms with van der Waals surface area (Å²) in [6, 6.07) is 0. The molecular formula is C13H22ClNO3.